The Morgan fingerprint density at radius 3 is 2.75 bits per heavy atom. The van der Waals surface area contributed by atoms with Gasteiger partial charge in [0.2, 0.25) is 5.13 Å². The van der Waals surface area contributed by atoms with Gasteiger partial charge < -0.3 is 9.47 Å². The van der Waals surface area contributed by atoms with Gasteiger partial charge in [0.25, 0.3) is 5.91 Å². The predicted octanol–water partition coefficient (Wildman–Crippen LogP) is 5.14. The van der Waals surface area contributed by atoms with Gasteiger partial charge in [-0.15, -0.1) is 10.2 Å². The Morgan fingerprint density at radius 2 is 2.09 bits per heavy atom. The van der Waals surface area contributed by atoms with Gasteiger partial charge in [-0.1, -0.05) is 46.3 Å². The van der Waals surface area contributed by atoms with Crippen LogP contribution in [0.3, 0.4) is 0 Å². The second kappa shape index (κ2) is 10.8. The van der Waals surface area contributed by atoms with Crippen molar-refractivity contribution < 1.29 is 18.7 Å². The third-order valence-electron chi connectivity index (χ3n) is 4.25. The summed E-state index contributed by atoms with van der Waals surface area (Å²) >= 11 is 4.47. The van der Waals surface area contributed by atoms with E-state index in [1.165, 1.54) is 30.6 Å². The number of methoxy groups -OCH3 is 1. The van der Waals surface area contributed by atoms with Gasteiger partial charge in [-0.3, -0.25) is 10.1 Å². The number of aromatic nitrogens is 2. The quantitative estimate of drug-likeness (QED) is 0.329. The van der Waals surface area contributed by atoms with Crippen molar-refractivity contribution in [2.24, 2.45) is 0 Å². The Kier molecular flexibility index (Phi) is 7.92. The molecule has 0 aliphatic heterocycles. The van der Waals surface area contributed by atoms with Crippen LogP contribution in [0.2, 0.25) is 0 Å². The average molecular weight is 517 g/mol. The molecule has 0 radical (unpaired) electrons. The van der Waals surface area contributed by atoms with Gasteiger partial charge >= 0.3 is 0 Å². The normalized spacial score (nSPS) is 11.0. The van der Waals surface area contributed by atoms with Crippen LogP contribution in [0.5, 0.6) is 11.5 Å². The van der Waals surface area contributed by atoms with Crippen LogP contribution in [0.15, 0.2) is 46.4 Å². The number of nitrogens with zero attached hydrogens (tertiary/aromatic N) is 3. The summed E-state index contributed by atoms with van der Waals surface area (Å²) in [4.78, 5) is 12.4. The third kappa shape index (κ3) is 5.90. The molecule has 0 aliphatic carbocycles. The van der Waals surface area contributed by atoms with Crippen molar-refractivity contribution in [3.8, 4) is 17.6 Å². The first kappa shape index (κ1) is 23.4. The Hall–Kier alpha value is -3.29. The number of hydrogen-bond acceptors (Lipinski definition) is 7. The fraction of sp³-hybridized carbons (Fsp3) is 0.182. The molecule has 1 heterocycles. The van der Waals surface area contributed by atoms with Crippen molar-refractivity contribution in [1.29, 1.82) is 5.26 Å². The lowest BCUT2D eigenvalue weighted by Crippen LogP contribution is -2.13. The zero-order valence-electron chi connectivity index (χ0n) is 17.2. The molecule has 164 valence electrons. The second-order valence-electron chi connectivity index (χ2n) is 6.41. The van der Waals surface area contributed by atoms with Crippen molar-refractivity contribution >= 4 is 44.4 Å². The Balaban J connectivity index is 1.74. The van der Waals surface area contributed by atoms with Gasteiger partial charge in [0.1, 0.15) is 29.1 Å². The Labute approximate surface area is 196 Å². The third-order valence-corrected chi connectivity index (χ3v) is 5.73. The molecule has 10 heteroatoms. The molecule has 1 aromatic heterocycles. The first-order valence-electron chi connectivity index (χ1n) is 9.43. The van der Waals surface area contributed by atoms with Gasteiger partial charge in [0.05, 0.1) is 7.11 Å². The van der Waals surface area contributed by atoms with Crippen LogP contribution in [-0.4, -0.2) is 23.2 Å². The maximum Gasteiger partial charge on any atom is 0.268 e. The molecule has 1 amide bonds. The van der Waals surface area contributed by atoms with Crippen LogP contribution in [0.1, 0.15) is 23.1 Å². The number of amides is 1. The number of ether oxygens (including phenoxy) is 2. The van der Waals surface area contributed by atoms with Crippen molar-refractivity contribution in [2.45, 2.75) is 20.0 Å². The van der Waals surface area contributed by atoms with E-state index in [1.807, 2.05) is 13.0 Å². The summed E-state index contributed by atoms with van der Waals surface area (Å²) in [5.41, 5.74) is 0.846. The maximum absolute atomic E-state index is 14.0. The van der Waals surface area contributed by atoms with Crippen LogP contribution in [0.4, 0.5) is 9.52 Å². The van der Waals surface area contributed by atoms with E-state index in [2.05, 4.69) is 31.4 Å². The molecule has 2 aromatic carbocycles. The molecule has 3 aromatic rings. The average Bonchev–Trinajstić information content (AvgIpc) is 3.24. The minimum Gasteiger partial charge on any atom is -0.493 e. The number of hydrogen-bond donors (Lipinski definition) is 1. The monoisotopic (exact) mass is 516 g/mol. The first-order chi connectivity index (χ1) is 15.4. The van der Waals surface area contributed by atoms with E-state index in [0.29, 0.717) is 38.7 Å². The molecular formula is C22H18BrFN4O3S. The zero-order valence-corrected chi connectivity index (χ0v) is 19.6. The highest BCUT2D eigenvalue weighted by atomic mass is 79.9. The van der Waals surface area contributed by atoms with Crippen LogP contribution in [-0.2, 0) is 17.8 Å². The number of nitriles is 1. The van der Waals surface area contributed by atoms with E-state index in [0.717, 1.165) is 5.01 Å². The van der Waals surface area contributed by atoms with Crippen LogP contribution in [0.25, 0.3) is 6.08 Å². The smallest absolute Gasteiger partial charge is 0.268 e. The molecular weight excluding hydrogens is 499 g/mol. The molecule has 0 atom stereocenters. The molecule has 0 aliphatic rings. The van der Waals surface area contributed by atoms with Crippen LogP contribution in [0, 0.1) is 17.1 Å². The minimum absolute atomic E-state index is 0.0120. The number of carbonyl (C=O) groups is 1. The standard InChI is InChI=1S/C22H18BrFN4O3S/c1-3-20-27-28-22(32-20)26-21(29)15(11-25)8-13-4-7-18(19(9-13)30-2)31-12-14-5-6-16(23)10-17(14)24/h4-10H,3,12H2,1-2H3,(H,26,28,29)/b15-8+. The number of aryl methyl sites for hydroxylation is 1. The minimum atomic E-state index is -0.587. The van der Waals surface area contributed by atoms with Crippen molar-refractivity contribution in [2.75, 3.05) is 12.4 Å². The molecule has 0 saturated heterocycles. The molecule has 3 rings (SSSR count). The first-order valence-corrected chi connectivity index (χ1v) is 11.0. The highest BCUT2D eigenvalue weighted by molar-refractivity contribution is 9.10. The van der Waals surface area contributed by atoms with Crippen LogP contribution >= 0.6 is 27.3 Å². The lowest BCUT2D eigenvalue weighted by atomic mass is 10.1. The van der Waals surface area contributed by atoms with Gasteiger partial charge in [-0.05, 0) is 42.3 Å². The number of benzene rings is 2. The fourth-order valence-corrected chi connectivity index (χ4v) is 3.62. The molecule has 32 heavy (non-hydrogen) atoms. The fourth-order valence-electron chi connectivity index (χ4n) is 2.61. The highest BCUT2D eigenvalue weighted by Crippen LogP contribution is 2.30. The number of halogens is 2. The number of anilines is 1. The summed E-state index contributed by atoms with van der Waals surface area (Å²) in [6, 6.07) is 11.5. The number of carbonyl (C=O) groups excluding carboxylic acids is 1. The van der Waals surface area contributed by atoms with E-state index in [4.69, 9.17) is 9.47 Å². The Morgan fingerprint density at radius 1 is 1.28 bits per heavy atom. The molecule has 0 spiro atoms. The van der Waals surface area contributed by atoms with E-state index >= 15 is 0 Å². The van der Waals surface area contributed by atoms with E-state index in [1.54, 1.807) is 30.3 Å². The summed E-state index contributed by atoms with van der Waals surface area (Å²) in [6.45, 7) is 1.95. The van der Waals surface area contributed by atoms with Crippen molar-refractivity contribution in [3.63, 3.8) is 0 Å². The van der Waals surface area contributed by atoms with E-state index in [-0.39, 0.29) is 18.0 Å². The zero-order chi connectivity index (χ0) is 23.1. The lowest BCUT2D eigenvalue weighted by molar-refractivity contribution is -0.112. The SMILES string of the molecule is CCc1nnc(NC(=O)/C(C#N)=C/c2ccc(OCc3ccc(Br)cc3F)c(OC)c2)s1. The van der Waals surface area contributed by atoms with Crippen molar-refractivity contribution in [1.82, 2.24) is 10.2 Å². The molecule has 0 unspecified atom stereocenters. The van der Waals surface area contributed by atoms with Crippen molar-refractivity contribution in [3.05, 3.63) is 68.4 Å². The summed E-state index contributed by atoms with van der Waals surface area (Å²) in [7, 11) is 1.47. The van der Waals surface area contributed by atoms with Gasteiger partial charge in [0, 0.05) is 10.0 Å². The summed E-state index contributed by atoms with van der Waals surface area (Å²) < 4.78 is 25.7. The molecule has 1 N–H and O–H groups in total. The highest BCUT2D eigenvalue weighted by Gasteiger charge is 2.14. The number of nitrogens with one attached hydrogen (secondary N) is 1. The second-order valence-corrected chi connectivity index (χ2v) is 8.39. The molecule has 0 fully saturated rings. The predicted molar refractivity (Wildman–Crippen MR) is 123 cm³/mol. The topological polar surface area (TPSA) is 97.1 Å². The molecule has 0 bridgehead atoms. The summed E-state index contributed by atoms with van der Waals surface area (Å²) in [5, 5.41) is 20.9. The lowest BCUT2D eigenvalue weighted by Gasteiger charge is -2.12. The summed E-state index contributed by atoms with van der Waals surface area (Å²) in [5.74, 6) is -0.193. The maximum atomic E-state index is 14.0. The van der Waals surface area contributed by atoms with Gasteiger partial charge in [-0.25, -0.2) is 4.39 Å². The summed E-state index contributed by atoms with van der Waals surface area (Å²) in [6.07, 6.45) is 2.13. The van der Waals surface area contributed by atoms with Gasteiger partial charge in [-0.2, -0.15) is 5.26 Å². The van der Waals surface area contributed by atoms with E-state index in [9.17, 15) is 14.4 Å². The Bertz CT molecular complexity index is 1210. The number of rotatable bonds is 8. The van der Waals surface area contributed by atoms with Gasteiger partial charge in [0.15, 0.2) is 11.5 Å². The van der Waals surface area contributed by atoms with Crippen LogP contribution < -0.4 is 14.8 Å². The van der Waals surface area contributed by atoms with E-state index < -0.39 is 5.91 Å². The molecule has 0 saturated carbocycles. The largest absolute Gasteiger partial charge is 0.493 e. The molecule has 7 nitrogen and oxygen atoms in total.